The zero-order chi connectivity index (χ0) is 25.2. The summed E-state index contributed by atoms with van der Waals surface area (Å²) in [7, 11) is 1.64. The van der Waals surface area contributed by atoms with Crippen molar-refractivity contribution in [2.75, 3.05) is 20.1 Å². The third-order valence-electron chi connectivity index (χ3n) is 4.00. The number of carboxylic acid groups (broad SMARTS) is 1. The number of carbonyl (C=O) groups excluding carboxylic acids is 1. The summed E-state index contributed by atoms with van der Waals surface area (Å²) in [4.78, 5) is 39.3. The first-order chi connectivity index (χ1) is 15.9. The summed E-state index contributed by atoms with van der Waals surface area (Å²) >= 11 is 0. The van der Waals surface area contributed by atoms with Crippen LogP contribution in [0, 0.1) is 6.92 Å². The van der Waals surface area contributed by atoms with Gasteiger partial charge in [-0.05, 0) is 26.3 Å². The van der Waals surface area contributed by atoms with Crippen LogP contribution in [0.5, 0.6) is 0 Å². The number of aromatic nitrogens is 3. The summed E-state index contributed by atoms with van der Waals surface area (Å²) in [6.45, 7) is 12.8. The van der Waals surface area contributed by atoms with Crippen LogP contribution in [-0.2, 0) is 0 Å². The number of carboxylic acids is 1. The second-order valence-corrected chi connectivity index (χ2v) is 6.27. The molecular weight excluding hydrogens is 420 g/mol. The van der Waals surface area contributed by atoms with E-state index < -0.39 is 5.97 Å². The van der Waals surface area contributed by atoms with Gasteiger partial charge in [0.15, 0.2) is 0 Å². The molecule has 0 unspecified atom stereocenters. The fourth-order valence-corrected chi connectivity index (χ4v) is 2.48. The van der Waals surface area contributed by atoms with Gasteiger partial charge in [0.25, 0.3) is 5.91 Å². The van der Waals surface area contributed by atoms with Gasteiger partial charge in [-0.15, -0.1) is 0 Å². The van der Waals surface area contributed by atoms with Gasteiger partial charge in [0.1, 0.15) is 5.69 Å². The van der Waals surface area contributed by atoms with Crippen LogP contribution >= 0.6 is 0 Å². The van der Waals surface area contributed by atoms with Crippen LogP contribution in [0.3, 0.4) is 0 Å². The van der Waals surface area contributed by atoms with E-state index in [0.29, 0.717) is 25.1 Å². The minimum atomic E-state index is -1.04. The van der Waals surface area contributed by atoms with Crippen molar-refractivity contribution >= 4 is 23.7 Å². The number of allylic oxidation sites excluding steroid dienone is 2. The Morgan fingerprint density at radius 2 is 1.64 bits per heavy atom. The van der Waals surface area contributed by atoms with Gasteiger partial charge in [-0.3, -0.25) is 19.8 Å². The Morgan fingerprint density at radius 1 is 1.00 bits per heavy atom. The van der Waals surface area contributed by atoms with E-state index >= 15 is 0 Å². The minimum absolute atomic E-state index is 0.110. The highest BCUT2D eigenvalue weighted by Crippen LogP contribution is 2.16. The largest absolute Gasteiger partial charge is 0.478 e. The van der Waals surface area contributed by atoms with E-state index in [4.69, 9.17) is 5.11 Å². The summed E-state index contributed by atoms with van der Waals surface area (Å²) in [6, 6.07) is 1.56. The molecule has 9 nitrogen and oxygen atoms in total. The molecular formula is C24H36N6O3. The molecule has 2 aromatic heterocycles. The lowest BCUT2D eigenvalue weighted by molar-refractivity contribution is 0.0696. The lowest BCUT2D eigenvalue weighted by Crippen LogP contribution is -2.28. The lowest BCUT2D eigenvalue weighted by Gasteiger charge is -2.12. The summed E-state index contributed by atoms with van der Waals surface area (Å²) in [5.74, 6) is -1.30. The highest BCUT2D eigenvalue weighted by atomic mass is 16.4. The molecule has 9 heteroatoms. The van der Waals surface area contributed by atoms with E-state index in [9.17, 15) is 9.59 Å². The molecule has 0 radical (unpaired) electrons. The third-order valence-corrected chi connectivity index (χ3v) is 4.00. The Kier molecular flexibility index (Phi) is 15.1. The number of pyridine rings is 1. The monoisotopic (exact) mass is 456 g/mol. The van der Waals surface area contributed by atoms with Gasteiger partial charge in [-0.1, -0.05) is 27.7 Å². The second kappa shape index (κ2) is 17.0. The summed E-state index contributed by atoms with van der Waals surface area (Å²) in [5, 5.41) is 15.2. The van der Waals surface area contributed by atoms with Crippen LogP contribution in [0.4, 0.5) is 0 Å². The van der Waals surface area contributed by atoms with Gasteiger partial charge in [0.2, 0.25) is 0 Å². The molecule has 0 fully saturated rings. The molecule has 3 N–H and O–H groups in total. The van der Waals surface area contributed by atoms with Gasteiger partial charge in [-0.25, -0.2) is 9.78 Å². The maximum Gasteiger partial charge on any atom is 0.337 e. The van der Waals surface area contributed by atoms with Crippen LogP contribution in [-0.4, -0.2) is 58.3 Å². The standard InChI is InChI=1S/C20H24N6O3.2C2H6/c1-13-8-26-18(12-25-13)19(27)24-6-4-5-23-14(2)17(11-21-3)15-7-16(20(28)29)10-22-9-15;2*1-2/h7-12,23H,4-6H2,1-3H3,(H,24,27)(H,28,29);2*1-2H3/b17-14-,21-11?;;. The molecule has 1 amide bonds. The van der Waals surface area contributed by atoms with Crippen molar-refractivity contribution in [3.05, 3.63) is 59.1 Å². The minimum Gasteiger partial charge on any atom is -0.478 e. The van der Waals surface area contributed by atoms with Gasteiger partial charge >= 0.3 is 5.97 Å². The van der Waals surface area contributed by atoms with E-state index in [1.165, 1.54) is 12.4 Å². The van der Waals surface area contributed by atoms with E-state index in [1.54, 1.807) is 31.7 Å². The van der Waals surface area contributed by atoms with E-state index in [1.807, 2.05) is 41.5 Å². The molecule has 0 atom stereocenters. The van der Waals surface area contributed by atoms with Crippen LogP contribution in [0.25, 0.3) is 5.57 Å². The molecule has 0 spiro atoms. The maximum absolute atomic E-state index is 12.0. The Hall–Kier alpha value is -3.62. The van der Waals surface area contributed by atoms with Gasteiger partial charge < -0.3 is 15.7 Å². The topological polar surface area (TPSA) is 129 Å². The van der Waals surface area contributed by atoms with Crippen LogP contribution in [0.1, 0.15) is 73.1 Å². The summed E-state index contributed by atoms with van der Waals surface area (Å²) in [5.41, 5.74) is 3.39. The van der Waals surface area contributed by atoms with Crippen molar-refractivity contribution < 1.29 is 14.7 Å². The van der Waals surface area contributed by atoms with Gasteiger partial charge in [-0.2, -0.15) is 0 Å². The highest BCUT2D eigenvalue weighted by Gasteiger charge is 2.10. The molecule has 0 aromatic carbocycles. The average Bonchev–Trinajstić information content (AvgIpc) is 2.85. The lowest BCUT2D eigenvalue weighted by atomic mass is 10.1. The maximum atomic E-state index is 12.0. The molecule has 2 heterocycles. The first kappa shape index (κ1) is 29.4. The van der Waals surface area contributed by atoms with E-state index in [-0.39, 0.29) is 17.2 Å². The normalized spacial score (nSPS) is 10.8. The number of rotatable bonds is 9. The molecule has 0 saturated heterocycles. The first-order valence-electron chi connectivity index (χ1n) is 11.0. The van der Waals surface area contributed by atoms with Crippen molar-refractivity contribution in [3.63, 3.8) is 0 Å². The number of aliphatic imine (C=N–C) groups is 1. The zero-order valence-corrected chi connectivity index (χ0v) is 20.6. The predicted octanol–water partition coefficient (Wildman–Crippen LogP) is 3.77. The van der Waals surface area contributed by atoms with Gasteiger partial charge in [0, 0.05) is 61.8 Å². The van der Waals surface area contributed by atoms with Crippen LogP contribution in [0.2, 0.25) is 0 Å². The van der Waals surface area contributed by atoms with Crippen LogP contribution < -0.4 is 10.6 Å². The summed E-state index contributed by atoms with van der Waals surface area (Å²) in [6.07, 6.45) is 8.24. The molecule has 0 saturated carbocycles. The van der Waals surface area contributed by atoms with Crippen molar-refractivity contribution in [2.45, 2.75) is 48.0 Å². The number of nitrogens with one attached hydrogen (secondary N) is 2. The molecule has 0 bridgehead atoms. The third kappa shape index (κ3) is 10.5. The Morgan fingerprint density at radius 3 is 2.21 bits per heavy atom. The summed E-state index contributed by atoms with van der Waals surface area (Å²) < 4.78 is 0. The Bertz CT molecular complexity index is 924. The second-order valence-electron chi connectivity index (χ2n) is 6.27. The number of aromatic carboxylic acids is 1. The number of nitrogens with zero attached hydrogens (tertiary/aromatic N) is 4. The molecule has 0 aliphatic rings. The molecule has 0 aliphatic heterocycles. The number of amides is 1. The molecule has 0 aliphatic carbocycles. The van der Waals surface area contributed by atoms with Crippen molar-refractivity contribution in [3.8, 4) is 0 Å². The van der Waals surface area contributed by atoms with Crippen molar-refractivity contribution in [2.24, 2.45) is 4.99 Å². The number of hydrogen-bond donors (Lipinski definition) is 3. The fraction of sp³-hybridized carbons (Fsp3) is 0.417. The van der Waals surface area contributed by atoms with Gasteiger partial charge in [0.05, 0.1) is 17.5 Å². The first-order valence-corrected chi connectivity index (χ1v) is 11.0. The zero-order valence-electron chi connectivity index (χ0n) is 20.6. The molecule has 180 valence electrons. The highest BCUT2D eigenvalue weighted by molar-refractivity contribution is 6.11. The smallest absolute Gasteiger partial charge is 0.337 e. The van der Waals surface area contributed by atoms with E-state index in [0.717, 1.165) is 17.0 Å². The van der Waals surface area contributed by atoms with Crippen LogP contribution in [0.15, 0.2) is 41.5 Å². The van der Waals surface area contributed by atoms with Crippen molar-refractivity contribution in [1.82, 2.24) is 25.6 Å². The number of carbonyl (C=O) groups is 2. The quantitative estimate of drug-likeness (QED) is 0.387. The molecule has 2 rings (SSSR count). The SMILES string of the molecule is CC.CC.CN=C/C(=C(\C)NCCCNC(=O)c1cnc(C)cn1)c1cncc(C(=O)O)c1. The Labute approximate surface area is 196 Å². The molecule has 33 heavy (non-hydrogen) atoms. The average molecular weight is 457 g/mol. The van der Waals surface area contributed by atoms with Crippen molar-refractivity contribution in [1.29, 1.82) is 0 Å². The predicted molar refractivity (Wildman–Crippen MR) is 133 cm³/mol. The molecule has 2 aromatic rings. The number of hydrogen-bond acceptors (Lipinski definition) is 7. The number of aryl methyl sites for hydroxylation is 1. The Balaban J connectivity index is 0.00000242. The van der Waals surface area contributed by atoms with E-state index in [2.05, 4.69) is 30.6 Å². The fourth-order valence-electron chi connectivity index (χ4n) is 2.48.